The highest BCUT2D eigenvalue weighted by Crippen LogP contribution is 2.27. The fourth-order valence-corrected chi connectivity index (χ4v) is 3.79. The Kier molecular flexibility index (Phi) is 5.62. The lowest BCUT2D eigenvalue weighted by Crippen LogP contribution is -2.51. The van der Waals surface area contributed by atoms with Crippen LogP contribution < -0.4 is 15.0 Å². The van der Waals surface area contributed by atoms with Crippen molar-refractivity contribution < 1.29 is 4.74 Å². The van der Waals surface area contributed by atoms with Crippen LogP contribution >= 0.6 is 0 Å². The minimum atomic E-state index is 0.233. The smallest absolute Gasteiger partial charge is 0.318 e. The second-order valence-corrected chi connectivity index (χ2v) is 7.49. The molecule has 1 fully saturated rings. The molecule has 0 spiro atoms. The van der Waals surface area contributed by atoms with E-state index in [0.717, 1.165) is 47.9 Å². The molecule has 3 aromatic rings. The van der Waals surface area contributed by atoms with Crippen molar-refractivity contribution in [3.63, 3.8) is 0 Å². The summed E-state index contributed by atoms with van der Waals surface area (Å²) in [5.41, 5.74) is 4.90. The van der Waals surface area contributed by atoms with Crippen LogP contribution in [0.1, 0.15) is 12.6 Å². The summed E-state index contributed by atoms with van der Waals surface area (Å²) in [4.78, 5) is 21.1. The zero-order valence-corrected chi connectivity index (χ0v) is 17.9. The van der Waals surface area contributed by atoms with Gasteiger partial charge in [-0.2, -0.15) is 9.97 Å². The van der Waals surface area contributed by atoms with Gasteiger partial charge in [0.15, 0.2) is 0 Å². The number of piperazine rings is 1. The predicted molar refractivity (Wildman–Crippen MR) is 125 cm³/mol. The summed E-state index contributed by atoms with van der Waals surface area (Å²) >= 11 is 0. The molecule has 31 heavy (non-hydrogen) atoms. The number of imidazole rings is 1. The molecule has 1 aromatic carbocycles. The van der Waals surface area contributed by atoms with Crippen molar-refractivity contribution in [2.45, 2.75) is 13.0 Å². The Hall–Kier alpha value is -3.81. The van der Waals surface area contributed by atoms with Crippen LogP contribution in [0.3, 0.4) is 0 Å². The number of benzene rings is 1. The van der Waals surface area contributed by atoms with Crippen molar-refractivity contribution in [3.05, 3.63) is 67.8 Å². The number of ether oxygens (including phenoxy) is 1. The number of aromatic amines is 1. The molecule has 0 amide bonds. The Morgan fingerprint density at radius 2 is 2.13 bits per heavy atom. The predicted octanol–water partition coefficient (Wildman–Crippen LogP) is 3.65. The van der Waals surface area contributed by atoms with Gasteiger partial charge in [-0.05, 0) is 25.1 Å². The summed E-state index contributed by atoms with van der Waals surface area (Å²) in [7, 11) is 1.57. The third kappa shape index (κ3) is 4.09. The molecule has 1 saturated heterocycles. The maximum atomic E-state index is 5.38. The number of anilines is 2. The van der Waals surface area contributed by atoms with Crippen LogP contribution in [0.2, 0.25) is 0 Å². The molecule has 160 valence electrons. The SMILES string of the molecule is C=CC(=C)N1CCN(c2cc(C(=C)Nc3cccc4[nH]cnc34)nc(OC)n2)C(C)C1. The van der Waals surface area contributed by atoms with Crippen LogP contribution in [0.5, 0.6) is 6.01 Å². The molecule has 0 radical (unpaired) electrons. The standard InChI is InChI=1S/C23H27N7O/c1-6-15(2)29-10-11-30(16(3)13-29)21-12-20(27-23(28-21)31-5)17(4)26-19-9-7-8-18-22(19)25-14-24-18/h6-9,12,14,16,26H,1-2,4,10-11,13H2,3,5H3,(H,24,25). The molecule has 2 aromatic heterocycles. The lowest BCUT2D eigenvalue weighted by molar-refractivity contribution is 0.290. The van der Waals surface area contributed by atoms with E-state index < -0.39 is 0 Å². The molecule has 1 aliphatic rings. The van der Waals surface area contributed by atoms with Gasteiger partial charge in [0.1, 0.15) is 11.3 Å². The van der Waals surface area contributed by atoms with Crippen LogP contribution in [-0.2, 0) is 0 Å². The van der Waals surface area contributed by atoms with Crippen LogP contribution in [0.4, 0.5) is 11.5 Å². The third-order valence-corrected chi connectivity index (χ3v) is 5.48. The third-order valence-electron chi connectivity index (χ3n) is 5.48. The quantitative estimate of drug-likeness (QED) is 0.568. The van der Waals surface area contributed by atoms with E-state index in [-0.39, 0.29) is 6.04 Å². The number of fused-ring (bicyclic) bond motifs is 1. The van der Waals surface area contributed by atoms with E-state index in [2.05, 4.69) is 61.7 Å². The second-order valence-electron chi connectivity index (χ2n) is 7.49. The lowest BCUT2D eigenvalue weighted by Gasteiger charge is -2.41. The van der Waals surface area contributed by atoms with Crippen LogP contribution in [0.15, 0.2) is 62.1 Å². The zero-order valence-electron chi connectivity index (χ0n) is 17.9. The number of allylic oxidation sites excluding steroid dienone is 1. The van der Waals surface area contributed by atoms with E-state index in [9.17, 15) is 0 Å². The molecule has 1 aliphatic heterocycles. The van der Waals surface area contributed by atoms with Crippen molar-refractivity contribution >= 4 is 28.2 Å². The van der Waals surface area contributed by atoms with Crippen LogP contribution in [0, 0.1) is 0 Å². The van der Waals surface area contributed by atoms with Gasteiger partial charge in [0.2, 0.25) is 0 Å². The molecule has 4 rings (SSSR count). The van der Waals surface area contributed by atoms with Gasteiger partial charge in [-0.25, -0.2) is 4.98 Å². The van der Waals surface area contributed by atoms with Gasteiger partial charge in [-0.1, -0.05) is 25.8 Å². The van der Waals surface area contributed by atoms with Gasteiger partial charge in [0.05, 0.1) is 36.0 Å². The maximum absolute atomic E-state index is 5.38. The summed E-state index contributed by atoms with van der Waals surface area (Å²) < 4.78 is 5.38. The van der Waals surface area contributed by atoms with Crippen molar-refractivity contribution in [2.75, 3.05) is 37.0 Å². The van der Waals surface area contributed by atoms with Crippen molar-refractivity contribution in [2.24, 2.45) is 0 Å². The first-order valence-electron chi connectivity index (χ1n) is 10.1. The second kappa shape index (κ2) is 8.51. The number of hydrogen-bond donors (Lipinski definition) is 2. The Morgan fingerprint density at radius 3 is 2.87 bits per heavy atom. The minimum Gasteiger partial charge on any atom is -0.467 e. The Labute approximate surface area is 182 Å². The number of hydrogen-bond acceptors (Lipinski definition) is 7. The Morgan fingerprint density at radius 1 is 1.29 bits per heavy atom. The molecule has 8 heteroatoms. The molecule has 3 heterocycles. The zero-order chi connectivity index (χ0) is 22.0. The molecule has 1 unspecified atom stereocenters. The fourth-order valence-electron chi connectivity index (χ4n) is 3.79. The number of methoxy groups -OCH3 is 1. The van der Waals surface area contributed by atoms with Gasteiger partial charge in [-0.15, -0.1) is 0 Å². The number of rotatable bonds is 7. The molecule has 1 atom stereocenters. The summed E-state index contributed by atoms with van der Waals surface area (Å²) in [5.74, 6) is 0.805. The van der Waals surface area contributed by atoms with Crippen molar-refractivity contribution in [1.82, 2.24) is 24.8 Å². The minimum absolute atomic E-state index is 0.233. The van der Waals surface area contributed by atoms with Crippen LogP contribution in [0.25, 0.3) is 16.7 Å². The maximum Gasteiger partial charge on any atom is 0.318 e. The molecular formula is C23H27N7O. The first-order valence-corrected chi connectivity index (χ1v) is 10.1. The first-order chi connectivity index (χ1) is 15.0. The van der Waals surface area contributed by atoms with E-state index in [1.54, 1.807) is 19.5 Å². The average Bonchev–Trinajstić information content (AvgIpc) is 3.28. The van der Waals surface area contributed by atoms with E-state index in [1.165, 1.54) is 0 Å². The monoisotopic (exact) mass is 417 g/mol. The van der Waals surface area contributed by atoms with E-state index in [4.69, 9.17) is 4.74 Å². The van der Waals surface area contributed by atoms with Crippen LogP contribution in [-0.4, -0.2) is 57.6 Å². The van der Waals surface area contributed by atoms with Gasteiger partial charge in [0.25, 0.3) is 0 Å². The normalized spacial score (nSPS) is 16.3. The van der Waals surface area contributed by atoms with Crippen molar-refractivity contribution in [3.8, 4) is 6.01 Å². The van der Waals surface area contributed by atoms with E-state index in [0.29, 0.717) is 17.4 Å². The molecule has 0 saturated carbocycles. The highest BCUT2D eigenvalue weighted by molar-refractivity contribution is 5.92. The number of nitrogens with zero attached hydrogens (tertiary/aromatic N) is 5. The molecule has 2 N–H and O–H groups in total. The summed E-state index contributed by atoms with van der Waals surface area (Å²) in [6, 6.07) is 8.37. The largest absolute Gasteiger partial charge is 0.467 e. The number of para-hydroxylation sites is 1. The van der Waals surface area contributed by atoms with Gasteiger partial charge >= 0.3 is 6.01 Å². The lowest BCUT2D eigenvalue weighted by atomic mass is 10.1. The van der Waals surface area contributed by atoms with Gasteiger partial charge < -0.3 is 24.8 Å². The molecule has 0 aliphatic carbocycles. The molecule has 8 nitrogen and oxygen atoms in total. The number of H-pyrrole nitrogens is 1. The number of nitrogens with one attached hydrogen (secondary N) is 2. The molecule has 0 bridgehead atoms. The highest BCUT2D eigenvalue weighted by atomic mass is 16.5. The Bertz CT molecular complexity index is 1140. The van der Waals surface area contributed by atoms with Crippen molar-refractivity contribution in [1.29, 1.82) is 0 Å². The van der Waals surface area contributed by atoms with E-state index >= 15 is 0 Å². The van der Waals surface area contributed by atoms with Gasteiger partial charge in [0, 0.05) is 37.4 Å². The molecular weight excluding hydrogens is 390 g/mol. The van der Waals surface area contributed by atoms with E-state index in [1.807, 2.05) is 24.3 Å². The highest BCUT2D eigenvalue weighted by Gasteiger charge is 2.26. The average molecular weight is 418 g/mol. The Balaban J connectivity index is 1.59. The first kappa shape index (κ1) is 20.5. The summed E-state index contributed by atoms with van der Waals surface area (Å²) in [5, 5.41) is 3.34. The summed E-state index contributed by atoms with van der Waals surface area (Å²) in [6.45, 7) is 16.7. The fraction of sp³-hybridized carbons (Fsp3) is 0.261. The van der Waals surface area contributed by atoms with Gasteiger partial charge in [-0.3, -0.25) is 0 Å². The number of aromatic nitrogens is 4. The summed E-state index contributed by atoms with van der Waals surface area (Å²) in [6.07, 6.45) is 3.47. The topological polar surface area (TPSA) is 82.2 Å².